The van der Waals surface area contributed by atoms with Crippen LogP contribution in [0.5, 0.6) is 0 Å². The van der Waals surface area contributed by atoms with Crippen molar-refractivity contribution in [3.05, 3.63) is 154 Å². The molecule has 12 nitrogen and oxygen atoms in total. The molecule has 4 aromatic rings. The molecule has 2 amide bonds. The quantitative estimate of drug-likeness (QED) is 0.0202. The normalized spacial score (nSPS) is 18.6. The molecule has 6 rings (SSSR count). The molecule has 14 heteroatoms. The number of rotatable bonds is 24. The van der Waals surface area contributed by atoms with Gasteiger partial charge in [0.15, 0.2) is 12.4 Å². The molecule has 384 valence electrons. The Hall–Kier alpha value is -5.64. The number of aryl methyl sites for hydroxylation is 2. The van der Waals surface area contributed by atoms with Crippen molar-refractivity contribution in [2.75, 3.05) is 38.2 Å². The zero-order chi connectivity index (χ0) is 52.1. The number of benzene rings is 4. The third kappa shape index (κ3) is 13.3. The molecule has 0 bridgehead atoms. The van der Waals surface area contributed by atoms with E-state index in [0.717, 1.165) is 72.9 Å². The summed E-state index contributed by atoms with van der Waals surface area (Å²) in [6, 6.07) is 26.2. The lowest BCUT2D eigenvalue weighted by molar-refractivity contribution is -0.124. The van der Waals surface area contributed by atoms with Gasteiger partial charge in [-0.2, -0.15) is 0 Å². The molecule has 3 N–H and O–H groups in total. The number of anilines is 1. The van der Waals surface area contributed by atoms with E-state index in [1.165, 1.54) is 11.3 Å². The maximum absolute atomic E-state index is 13.4. The van der Waals surface area contributed by atoms with Gasteiger partial charge in [-0.25, -0.2) is 21.6 Å². The van der Waals surface area contributed by atoms with E-state index < -0.39 is 30.5 Å². The van der Waals surface area contributed by atoms with Crippen LogP contribution in [0.1, 0.15) is 118 Å². The van der Waals surface area contributed by atoms with E-state index in [0.29, 0.717) is 69.2 Å². The van der Waals surface area contributed by atoms with Gasteiger partial charge in [0.25, 0.3) is 0 Å². The lowest BCUT2D eigenvalue weighted by atomic mass is 9.80. The second-order valence-electron chi connectivity index (χ2n) is 20.1. The number of amides is 2. The van der Waals surface area contributed by atoms with E-state index in [-0.39, 0.29) is 29.4 Å². The first-order valence-electron chi connectivity index (χ1n) is 25.0. The van der Waals surface area contributed by atoms with Gasteiger partial charge in [0.1, 0.15) is 18.3 Å². The minimum Gasteiger partial charge on any atom is -0.795 e. The van der Waals surface area contributed by atoms with Crippen molar-refractivity contribution in [1.82, 2.24) is 15.1 Å². The highest BCUT2D eigenvalue weighted by atomic mass is 32.2. The fourth-order valence-corrected chi connectivity index (χ4v) is 11.0. The number of Topliss-reactive ketones (excluding diaryl/α,β-unsaturated/α-hetero) is 1. The molecule has 2 aliphatic heterocycles. The van der Waals surface area contributed by atoms with Crippen molar-refractivity contribution in [2.45, 2.75) is 133 Å². The Kier molecular flexibility index (Phi) is 19.6. The van der Waals surface area contributed by atoms with Crippen LogP contribution in [0.15, 0.2) is 131 Å². The number of carbonyl (C=O) groups excluding carboxylic acids is 4. The third-order valence-corrected chi connectivity index (χ3v) is 15.4. The number of ketones is 1. The summed E-state index contributed by atoms with van der Waals surface area (Å²) in [4.78, 5) is 56.0. The van der Waals surface area contributed by atoms with Crippen molar-refractivity contribution in [3.8, 4) is 0 Å². The third-order valence-electron chi connectivity index (χ3n) is 14.5. The molecular weight excluding hydrogens is 945 g/mol. The Morgan fingerprint density at radius 2 is 1.57 bits per heavy atom. The summed E-state index contributed by atoms with van der Waals surface area (Å²) in [5, 5.41) is 5.73. The molecule has 3 atom stereocenters. The molecule has 0 fully saturated rings. The molecule has 0 aromatic heterocycles. The average molecular weight is 1020 g/mol. The molecule has 0 saturated heterocycles. The van der Waals surface area contributed by atoms with Gasteiger partial charge in [0, 0.05) is 64.9 Å². The number of carbonyl (C=O) groups is 4. The summed E-state index contributed by atoms with van der Waals surface area (Å²) in [5.74, 6) is -1.05. The van der Waals surface area contributed by atoms with Crippen LogP contribution in [0.4, 0.5) is 16.2 Å². The van der Waals surface area contributed by atoms with Gasteiger partial charge in [-0.1, -0.05) is 93.4 Å². The number of alkyl carbamates (subject to hydrolysis) is 1. The van der Waals surface area contributed by atoms with Gasteiger partial charge in [0.05, 0.1) is 30.6 Å². The maximum Gasteiger partial charge on any atom is 0.408 e. The Morgan fingerprint density at radius 1 is 0.847 bits per heavy atom. The predicted molar refractivity (Wildman–Crippen MR) is 290 cm³/mol. The number of hydrogen-bond donors (Lipinski definition) is 3. The molecule has 2 unspecified atom stereocenters. The van der Waals surface area contributed by atoms with Crippen LogP contribution in [0, 0.1) is 13.8 Å². The highest BCUT2D eigenvalue weighted by molar-refractivity contribution is 7.94. The Labute approximate surface area is 435 Å². The highest BCUT2D eigenvalue weighted by Gasteiger charge is 2.53. The average Bonchev–Trinajstić information content (AvgIpc) is 3.68. The van der Waals surface area contributed by atoms with Gasteiger partial charge in [-0.05, 0) is 130 Å². The number of allylic oxidation sites excluding steroid dienone is 5. The first kappa shape index (κ1) is 55.7. The van der Waals surface area contributed by atoms with E-state index in [4.69, 9.17) is 9.47 Å². The zero-order valence-electron chi connectivity index (χ0n) is 43.1. The lowest BCUT2D eigenvalue weighted by Crippen LogP contribution is -2.54. The summed E-state index contributed by atoms with van der Waals surface area (Å²) >= 11 is 1.28. The number of nitrogens with zero attached hydrogens (tertiary/aromatic N) is 2. The number of quaternary nitrogens is 1. The van der Waals surface area contributed by atoms with E-state index in [1.807, 2.05) is 74.5 Å². The van der Waals surface area contributed by atoms with Gasteiger partial charge in [-0.15, -0.1) is 0 Å². The van der Waals surface area contributed by atoms with Gasteiger partial charge >= 0.3 is 12.1 Å². The predicted octanol–water partition coefficient (Wildman–Crippen LogP) is 12.1. The molecule has 2 heterocycles. The smallest absolute Gasteiger partial charge is 0.408 e. The fourth-order valence-electron chi connectivity index (χ4n) is 10.4. The van der Waals surface area contributed by atoms with E-state index >= 15 is 0 Å². The van der Waals surface area contributed by atoms with Crippen molar-refractivity contribution >= 4 is 59.2 Å². The Balaban J connectivity index is 0.991. The topological polar surface area (TPSA) is 157 Å². The number of likely N-dealkylation sites (N-methyl/N-ethyl adjacent to an activating group) is 1. The molecule has 4 aromatic carbocycles. The van der Waals surface area contributed by atoms with E-state index in [1.54, 1.807) is 0 Å². The Morgan fingerprint density at radius 3 is 2.28 bits per heavy atom. The fraction of sp³-hybridized carbons (Fsp3) is 0.414. The number of hydrogen-bond acceptors (Lipinski definition) is 11. The van der Waals surface area contributed by atoms with Crippen LogP contribution in [0.3, 0.4) is 0 Å². The van der Waals surface area contributed by atoms with Crippen molar-refractivity contribution in [3.63, 3.8) is 0 Å². The van der Waals surface area contributed by atoms with E-state index in [9.17, 15) is 28.3 Å². The SMILES string of the molecule is CC[N+]1(C)c2ccc(S[O-])cc2C(C)(C)C1/C=C/C=C/C=C1/N(CCCCC(=O)NCCCCC[C@H](NC(=O)OCc2ccccc2)C(=O)COC(=O)c2c(C)cccc2C)c2ccc(SO)cc2C1(C)C. The van der Waals surface area contributed by atoms with Crippen LogP contribution in [0.25, 0.3) is 0 Å². The largest absolute Gasteiger partial charge is 0.795 e. The van der Waals surface area contributed by atoms with Gasteiger partial charge in [0.2, 0.25) is 5.91 Å². The van der Waals surface area contributed by atoms with Crippen molar-refractivity contribution < 1.29 is 37.8 Å². The summed E-state index contributed by atoms with van der Waals surface area (Å²) < 4.78 is 33.2. The maximum atomic E-state index is 13.4. The summed E-state index contributed by atoms with van der Waals surface area (Å²) in [6.45, 7) is 16.4. The van der Waals surface area contributed by atoms with Crippen molar-refractivity contribution in [1.29, 1.82) is 0 Å². The summed E-state index contributed by atoms with van der Waals surface area (Å²) in [5.41, 5.74) is 8.07. The summed E-state index contributed by atoms with van der Waals surface area (Å²) in [7, 11) is 2.27. The number of ether oxygens (including phenoxy) is 2. The van der Waals surface area contributed by atoms with Crippen LogP contribution >= 0.6 is 24.1 Å². The number of fused-ring (bicyclic) bond motifs is 2. The first-order valence-corrected chi connectivity index (χ1v) is 26.6. The molecule has 0 radical (unpaired) electrons. The minimum atomic E-state index is -0.925. The number of unbranched alkanes of at least 4 members (excludes halogenated alkanes) is 3. The summed E-state index contributed by atoms with van der Waals surface area (Å²) in [6.07, 6.45) is 14.2. The molecule has 0 aliphatic carbocycles. The molecule has 2 aliphatic rings. The molecule has 0 saturated carbocycles. The Bertz CT molecular complexity index is 2630. The standard InChI is InChI=1S/C58H72N4O8S2/c1-9-62(8)49-33-31-44(72-68)37-46(49)58(6,7)52(62)28-17-11-16-27-51-57(4,5)45-36-43(71-67)30-32-48(45)61(51)35-20-18-29-53(64)59-34-19-12-15-26-47(60-56(66)70-38-42-24-13-10-14-25-42)50(63)39-69-55(65)54-40(2)22-21-23-41(54)3/h10-11,13-14,16-17,21-25,27-28,30-33,36-37,47,52H,9,12,15,18-20,26,29,34-35,38-39H2,1-8H3,(H3-,59,60,64,66,67,68)/b16-11+,28-17+,51-27+/t47-,52?,62?/m0/s1. The first-order chi connectivity index (χ1) is 34.5. The second-order valence-corrected chi connectivity index (χ2v) is 21.4. The van der Waals surface area contributed by atoms with E-state index in [2.05, 4.69) is 112 Å². The number of nitrogens with one attached hydrogen (secondary N) is 2. The zero-order valence-corrected chi connectivity index (χ0v) is 44.8. The highest BCUT2D eigenvalue weighted by Crippen LogP contribution is 2.51. The minimum absolute atomic E-state index is 0.0232. The number of esters is 1. The van der Waals surface area contributed by atoms with Gasteiger partial charge < -0.3 is 34.1 Å². The van der Waals surface area contributed by atoms with Crippen LogP contribution in [0.2, 0.25) is 0 Å². The molecular formula is C58H72N4O8S2. The van der Waals surface area contributed by atoms with Crippen LogP contribution < -0.4 is 20.0 Å². The lowest BCUT2D eigenvalue weighted by Gasteiger charge is -2.38. The molecule has 72 heavy (non-hydrogen) atoms. The van der Waals surface area contributed by atoms with Crippen LogP contribution in [-0.4, -0.2) is 78.2 Å². The van der Waals surface area contributed by atoms with Gasteiger partial charge in [-0.3, -0.25) is 14.1 Å². The van der Waals surface area contributed by atoms with Crippen molar-refractivity contribution in [2.24, 2.45) is 0 Å². The van der Waals surface area contributed by atoms with Crippen LogP contribution in [-0.2, 0) is 36.5 Å². The molecule has 0 spiro atoms. The monoisotopic (exact) mass is 1020 g/mol. The second kappa shape index (κ2) is 25.3.